The fraction of sp³-hybridized carbons (Fsp3) is 0.667. The number of aliphatic hydroxyl groups is 3. The van der Waals surface area contributed by atoms with Crippen molar-refractivity contribution < 1.29 is 20.1 Å². The molecule has 7 N–H and O–H groups in total. The lowest BCUT2D eigenvalue weighted by Crippen LogP contribution is -2.57. The first-order chi connectivity index (χ1) is 9.66. The van der Waals surface area contributed by atoms with Crippen molar-refractivity contribution in [1.82, 2.24) is 10.3 Å². The second-order valence-electron chi connectivity index (χ2n) is 5.82. The van der Waals surface area contributed by atoms with Gasteiger partial charge in [0, 0.05) is 5.54 Å². The normalized spacial score (nSPS) is 12.3. The molecule has 0 aliphatic rings. The molecule has 8 nitrogen and oxygen atoms in total. The first-order valence-corrected chi connectivity index (χ1v) is 7.17. The standard InChI is InChI=1S/C12H22N4O4S/c1-11(2,3)16-10-14-8(13)7(21-10)9(20)15-12(4-17,5-18)6-19/h17-19H,4-6,13H2,1-3H3,(H,14,16)(H,15,20). The molecule has 1 aromatic rings. The summed E-state index contributed by atoms with van der Waals surface area (Å²) in [5.74, 6) is -0.559. The SMILES string of the molecule is CC(C)(C)Nc1nc(N)c(C(=O)NC(CO)(CO)CO)s1. The van der Waals surface area contributed by atoms with Gasteiger partial charge in [-0.15, -0.1) is 0 Å². The number of carbonyl (C=O) groups excluding carboxylic acids is 1. The van der Waals surface area contributed by atoms with Crippen LogP contribution in [0.25, 0.3) is 0 Å². The number of nitrogens with two attached hydrogens (primary N) is 1. The zero-order chi connectivity index (χ0) is 16.3. The van der Waals surface area contributed by atoms with Crippen molar-refractivity contribution in [2.24, 2.45) is 0 Å². The van der Waals surface area contributed by atoms with Crippen LogP contribution in [0.3, 0.4) is 0 Å². The van der Waals surface area contributed by atoms with Crippen molar-refractivity contribution in [3.8, 4) is 0 Å². The first-order valence-electron chi connectivity index (χ1n) is 6.36. The molecule has 21 heavy (non-hydrogen) atoms. The third-order valence-electron chi connectivity index (χ3n) is 2.63. The van der Waals surface area contributed by atoms with E-state index in [1.807, 2.05) is 20.8 Å². The zero-order valence-electron chi connectivity index (χ0n) is 12.3. The molecule has 0 radical (unpaired) electrons. The van der Waals surface area contributed by atoms with Crippen LogP contribution in [0.1, 0.15) is 30.4 Å². The van der Waals surface area contributed by atoms with Gasteiger partial charge in [0.2, 0.25) is 0 Å². The van der Waals surface area contributed by atoms with Crippen molar-refractivity contribution >= 4 is 28.2 Å². The predicted octanol–water partition coefficient (Wildman–Crippen LogP) is -0.619. The molecular formula is C12H22N4O4S. The molecular weight excluding hydrogens is 296 g/mol. The number of thiazole rings is 1. The molecule has 120 valence electrons. The number of nitrogens with one attached hydrogen (secondary N) is 2. The molecule has 1 rings (SSSR count). The first kappa shape index (κ1) is 17.6. The summed E-state index contributed by atoms with van der Waals surface area (Å²) >= 11 is 1.06. The van der Waals surface area contributed by atoms with Crippen LogP contribution < -0.4 is 16.4 Å². The van der Waals surface area contributed by atoms with Crippen molar-refractivity contribution in [2.45, 2.75) is 31.8 Å². The maximum absolute atomic E-state index is 12.2. The molecule has 0 unspecified atom stereocenters. The smallest absolute Gasteiger partial charge is 0.265 e. The quantitative estimate of drug-likeness (QED) is 0.410. The molecule has 1 amide bonds. The van der Waals surface area contributed by atoms with Crippen LogP contribution in [0.2, 0.25) is 0 Å². The third-order valence-corrected chi connectivity index (χ3v) is 3.61. The van der Waals surface area contributed by atoms with Gasteiger partial charge in [0.1, 0.15) is 16.2 Å². The number of anilines is 2. The minimum atomic E-state index is -1.49. The van der Waals surface area contributed by atoms with E-state index >= 15 is 0 Å². The van der Waals surface area contributed by atoms with Crippen LogP contribution in [-0.4, -0.2) is 57.1 Å². The summed E-state index contributed by atoms with van der Waals surface area (Å²) in [6.07, 6.45) is 0. The van der Waals surface area contributed by atoms with E-state index in [4.69, 9.17) is 5.73 Å². The highest BCUT2D eigenvalue weighted by Gasteiger charge is 2.32. The lowest BCUT2D eigenvalue weighted by molar-refractivity contribution is 0.0377. The lowest BCUT2D eigenvalue weighted by Gasteiger charge is -2.28. The van der Waals surface area contributed by atoms with Gasteiger partial charge in [-0.05, 0) is 20.8 Å². The maximum atomic E-state index is 12.2. The predicted molar refractivity (Wildman–Crippen MR) is 81.4 cm³/mol. The summed E-state index contributed by atoms with van der Waals surface area (Å²) in [5, 5.41) is 33.6. The van der Waals surface area contributed by atoms with Crippen LogP contribution in [0, 0.1) is 0 Å². The number of aromatic nitrogens is 1. The number of nitrogens with zero attached hydrogens (tertiary/aromatic N) is 1. The molecule has 0 fully saturated rings. The summed E-state index contributed by atoms with van der Waals surface area (Å²) in [6, 6.07) is 0. The van der Waals surface area contributed by atoms with Crippen LogP contribution in [0.5, 0.6) is 0 Å². The minimum absolute atomic E-state index is 0.0481. The minimum Gasteiger partial charge on any atom is -0.394 e. The average Bonchev–Trinajstić information content (AvgIpc) is 2.74. The summed E-state index contributed by atoms with van der Waals surface area (Å²) in [4.78, 5) is 16.4. The Kier molecular flexibility index (Phi) is 5.51. The summed E-state index contributed by atoms with van der Waals surface area (Å²) in [6.45, 7) is 4.03. The van der Waals surface area contributed by atoms with E-state index in [-0.39, 0.29) is 16.2 Å². The van der Waals surface area contributed by atoms with Gasteiger partial charge < -0.3 is 31.7 Å². The fourth-order valence-electron chi connectivity index (χ4n) is 1.44. The van der Waals surface area contributed by atoms with Gasteiger partial charge in [0.25, 0.3) is 5.91 Å². The molecule has 0 atom stereocenters. The van der Waals surface area contributed by atoms with Gasteiger partial charge in [-0.1, -0.05) is 11.3 Å². The highest BCUT2D eigenvalue weighted by atomic mass is 32.1. The van der Waals surface area contributed by atoms with Crippen molar-refractivity contribution in [2.75, 3.05) is 30.9 Å². The number of rotatable bonds is 6. The van der Waals surface area contributed by atoms with Crippen molar-refractivity contribution in [3.63, 3.8) is 0 Å². The molecule has 9 heteroatoms. The summed E-state index contributed by atoms with van der Waals surface area (Å²) in [7, 11) is 0. The van der Waals surface area contributed by atoms with Gasteiger partial charge in [-0.3, -0.25) is 4.79 Å². The molecule has 1 aromatic heterocycles. The number of nitrogen functional groups attached to an aromatic ring is 1. The van der Waals surface area contributed by atoms with Gasteiger partial charge >= 0.3 is 0 Å². The fourth-order valence-corrected chi connectivity index (χ4v) is 2.42. The second kappa shape index (κ2) is 6.56. The van der Waals surface area contributed by atoms with Crippen LogP contribution in [0.15, 0.2) is 0 Å². The monoisotopic (exact) mass is 318 g/mol. The van der Waals surface area contributed by atoms with E-state index in [0.29, 0.717) is 5.13 Å². The third kappa shape index (κ3) is 4.53. The van der Waals surface area contributed by atoms with E-state index in [1.54, 1.807) is 0 Å². The Bertz CT molecular complexity index is 486. The molecule has 0 saturated heterocycles. The highest BCUT2D eigenvalue weighted by molar-refractivity contribution is 7.18. The van der Waals surface area contributed by atoms with Gasteiger partial charge in [0.05, 0.1) is 19.8 Å². The Morgan fingerprint density at radius 2 is 1.76 bits per heavy atom. The van der Waals surface area contributed by atoms with Crippen molar-refractivity contribution in [1.29, 1.82) is 0 Å². The van der Waals surface area contributed by atoms with E-state index in [9.17, 15) is 20.1 Å². The maximum Gasteiger partial charge on any atom is 0.265 e. The number of amides is 1. The number of hydrogen-bond acceptors (Lipinski definition) is 8. The van der Waals surface area contributed by atoms with Gasteiger partial charge in [0.15, 0.2) is 5.13 Å². The van der Waals surface area contributed by atoms with Crippen LogP contribution in [-0.2, 0) is 0 Å². The van der Waals surface area contributed by atoms with E-state index < -0.39 is 31.3 Å². The molecule has 0 saturated carbocycles. The Balaban J connectivity index is 2.93. The molecule has 1 heterocycles. The van der Waals surface area contributed by atoms with Gasteiger partial charge in [-0.2, -0.15) is 0 Å². The largest absolute Gasteiger partial charge is 0.394 e. The summed E-state index contributed by atoms with van der Waals surface area (Å²) < 4.78 is 0. The Hall–Kier alpha value is -1.42. The topological polar surface area (TPSA) is 141 Å². The Morgan fingerprint density at radius 3 is 2.19 bits per heavy atom. The Morgan fingerprint density at radius 1 is 1.24 bits per heavy atom. The number of hydrogen-bond donors (Lipinski definition) is 6. The molecule has 0 aliphatic heterocycles. The number of aliphatic hydroxyl groups excluding tert-OH is 3. The van der Waals surface area contributed by atoms with Crippen molar-refractivity contribution in [3.05, 3.63) is 4.88 Å². The molecule has 0 aromatic carbocycles. The van der Waals surface area contributed by atoms with Gasteiger partial charge in [-0.25, -0.2) is 4.98 Å². The van der Waals surface area contributed by atoms with E-state index in [2.05, 4.69) is 15.6 Å². The summed E-state index contributed by atoms with van der Waals surface area (Å²) in [5.41, 5.74) is 3.99. The highest BCUT2D eigenvalue weighted by Crippen LogP contribution is 2.27. The lowest BCUT2D eigenvalue weighted by atomic mass is 10.0. The van der Waals surface area contributed by atoms with Crippen LogP contribution in [0.4, 0.5) is 10.9 Å². The molecule has 0 spiro atoms. The van der Waals surface area contributed by atoms with E-state index in [1.165, 1.54) is 0 Å². The number of carbonyl (C=O) groups is 1. The second-order valence-corrected chi connectivity index (χ2v) is 6.82. The zero-order valence-corrected chi connectivity index (χ0v) is 13.1. The van der Waals surface area contributed by atoms with Crippen LogP contribution >= 0.6 is 11.3 Å². The molecule has 0 aliphatic carbocycles. The van der Waals surface area contributed by atoms with E-state index in [0.717, 1.165) is 11.3 Å². The Labute approximate surface area is 127 Å². The average molecular weight is 318 g/mol. The molecule has 0 bridgehead atoms.